The van der Waals surface area contributed by atoms with Crippen molar-refractivity contribution in [2.45, 2.75) is 5.92 Å². The Kier molecular flexibility index (Phi) is 4.53. The summed E-state index contributed by atoms with van der Waals surface area (Å²) in [7, 11) is 0. The summed E-state index contributed by atoms with van der Waals surface area (Å²) >= 11 is 9.09. The number of nitrogens with zero attached hydrogens (tertiary/aromatic N) is 1. The molecule has 1 atom stereocenters. The lowest BCUT2D eigenvalue weighted by Crippen LogP contribution is -2.13. The van der Waals surface area contributed by atoms with Crippen LogP contribution in [0.1, 0.15) is 21.8 Å². The molecule has 2 aromatic carbocycles. The van der Waals surface area contributed by atoms with Crippen LogP contribution in [-0.4, -0.2) is 5.78 Å². The van der Waals surface area contributed by atoms with Gasteiger partial charge in [0.25, 0.3) is 0 Å². The fraction of sp³-hybridized carbons (Fsp3) is 0.0667. The summed E-state index contributed by atoms with van der Waals surface area (Å²) in [6.45, 7) is 0. The zero-order chi connectivity index (χ0) is 14.7. The molecule has 0 heterocycles. The predicted octanol–water partition coefficient (Wildman–Crippen LogP) is 4.73. The fourth-order valence-electron chi connectivity index (χ4n) is 1.82. The van der Waals surface area contributed by atoms with Gasteiger partial charge in [-0.3, -0.25) is 4.79 Å². The molecule has 5 heteroatoms. The third kappa shape index (κ3) is 2.90. The van der Waals surface area contributed by atoms with Crippen molar-refractivity contribution in [3.05, 3.63) is 68.9 Å². The van der Waals surface area contributed by atoms with Crippen molar-refractivity contribution in [3.63, 3.8) is 0 Å². The quantitative estimate of drug-likeness (QED) is 0.749. The molecule has 0 aromatic heterocycles. The smallest absolute Gasteiger partial charge is 0.185 e. The van der Waals surface area contributed by atoms with E-state index in [2.05, 4.69) is 15.9 Å². The summed E-state index contributed by atoms with van der Waals surface area (Å²) in [4.78, 5) is 12.4. The number of rotatable bonds is 3. The van der Waals surface area contributed by atoms with Gasteiger partial charge in [0.2, 0.25) is 0 Å². The van der Waals surface area contributed by atoms with E-state index in [1.54, 1.807) is 18.2 Å². The van der Waals surface area contributed by atoms with Gasteiger partial charge in [0, 0.05) is 20.6 Å². The molecule has 0 aliphatic heterocycles. The van der Waals surface area contributed by atoms with E-state index >= 15 is 0 Å². The predicted molar refractivity (Wildman–Crippen MR) is 78.2 cm³/mol. The van der Waals surface area contributed by atoms with Crippen LogP contribution in [0.2, 0.25) is 5.02 Å². The molecule has 2 nitrogen and oxygen atoms in total. The molecule has 0 aliphatic carbocycles. The van der Waals surface area contributed by atoms with Crippen LogP contribution in [0.25, 0.3) is 0 Å². The second-order valence-electron chi connectivity index (χ2n) is 4.07. The maximum atomic E-state index is 13.7. The van der Waals surface area contributed by atoms with Gasteiger partial charge >= 0.3 is 0 Å². The Morgan fingerprint density at radius 1 is 1.30 bits per heavy atom. The second kappa shape index (κ2) is 6.17. The minimum absolute atomic E-state index is 0.0619. The highest BCUT2D eigenvalue weighted by atomic mass is 79.9. The average Bonchev–Trinajstić information content (AvgIpc) is 2.44. The van der Waals surface area contributed by atoms with Crippen LogP contribution in [0.3, 0.4) is 0 Å². The van der Waals surface area contributed by atoms with Crippen LogP contribution in [0.4, 0.5) is 4.39 Å². The first-order chi connectivity index (χ1) is 9.54. The summed E-state index contributed by atoms with van der Waals surface area (Å²) in [5.41, 5.74) is 0.319. The molecule has 20 heavy (non-hydrogen) atoms. The zero-order valence-corrected chi connectivity index (χ0v) is 12.5. The number of carbonyl (C=O) groups excluding carboxylic acids is 1. The third-order valence-corrected chi connectivity index (χ3v) is 3.73. The average molecular weight is 353 g/mol. The molecule has 2 aromatic rings. The van der Waals surface area contributed by atoms with Crippen molar-refractivity contribution in [3.8, 4) is 6.07 Å². The Bertz CT molecular complexity index is 711. The highest BCUT2D eigenvalue weighted by Crippen LogP contribution is 2.28. The zero-order valence-electron chi connectivity index (χ0n) is 10.1. The molecule has 2 rings (SSSR count). The second-order valence-corrected chi connectivity index (χ2v) is 5.36. The van der Waals surface area contributed by atoms with Gasteiger partial charge in [0.15, 0.2) is 5.78 Å². The number of hydrogen-bond donors (Lipinski definition) is 0. The molecule has 0 spiro atoms. The van der Waals surface area contributed by atoms with E-state index in [1.165, 1.54) is 24.3 Å². The minimum atomic E-state index is -1.20. The molecule has 100 valence electrons. The lowest BCUT2D eigenvalue weighted by atomic mass is 9.91. The number of Topliss-reactive ketones (excluding diaryl/α,β-unsaturated/α-hetero) is 1. The molecule has 0 N–H and O–H groups in total. The summed E-state index contributed by atoms with van der Waals surface area (Å²) in [5.74, 6) is -2.27. The summed E-state index contributed by atoms with van der Waals surface area (Å²) in [6.07, 6.45) is 0. The van der Waals surface area contributed by atoms with Gasteiger partial charge < -0.3 is 0 Å². The van der Waals surface area contributed by atoms with Crippen LogP contribution >= 0.6 is 27.5 Å². The van der Waals surface area contributed by atoms with Gasteiger partial charge in [-0.25, -0.2) is 4.39 Å². The molecule has 0 amide bonds. The third-order valence-electron chi connectivity index (χ3n) is 2.80. The molecule has 0 radical (unpaired) electrons. The van der Waals surface area contributed by atoms with E-state index < -0.39 is 17.5 Å². The fourth-order valence-corrected chi connectivity index (χ4v) is 2.43. The maximum absolute atomic E-state index is 13.7. The Hall–Kier alpha value is -1.70. The molecule has 0 saturated heterocycles. The maximum Gasteiger partial charge on any atom is 0.185 e. The van der Waals surface area contributed by atoms with Crippen molar-refractivity contribution < 1.29 is 9.18 Å². The first-order valence-corrected chi connectivity index (χ1v) is 6.85. The molecule has 1 unspecified atom stereocenters. The first-order valence-electron chi connectivity index (χ1n) is 5.68. The van der Waals surface area contributed by atoms with Gasteiger partial charge in [-0.1, -0.05) is 45.7 Å². The number of ketones is 1. The Balaban J connectivity index is 2.48. The van der Waals surface area contributed by atoms with Crippen LogP contribution in [-0.2, 0) is 0 Å². The number of hydrogen-bond acceptors (Lipinski definition) is 2. The number of benzene rings is 2. The molecule has 0 saturated carbocycles. The molecule has 0 bridgehead atoms. The van der Waals surface area contributed by atoms with Crippen molar-refractivity contribution >= 4 is 33.3 Å². The van der Waals surface area contributed by atoms with Crippen LogP contribution in [0.15, 0.2) is 46.9 Å². The van der Waals surface area contributed by atoms with E-state index in [4.69, 9.17) is 11.6 Å². The van der Waals surface area contributed by atoms with Crippen molar-refractivity contribution in [1.82, 2.24) is 0 Å². The van der Waals surface area contributed by atoms with E-state index in [-0.39, 0.29) is 11.1 Å². The highest BCUT2D eigenvalue weighted by Gasteiger charge is 2.26. The first kappa shape index (κ1) is 14.7. The topological polar surface area (TPSA) is 40.9 Å². The van der Waals surface area contributed by atoms with Crippen molar-refractivity contribution in [2.24, 2.45) is 0 Å². The SMILES string of the molecule is N#CC(C(=O)c1cc(Cl)ccc1Br)c1ccccc1F. The lowest BCUT2D eigenvalue weighted by Gasteiger charge is -2.11. The Morgan fingerprint density at radius 2 is 2.00 bits per heavy atom. The van der Waals surface area contributed by atoms with Gasteiger partial charge in [0.1, 0.15) is 11.7 Å². The van der Waals surface area contributed by atoms with Crippen LogP contribution in [0.5, 0.6) is 0 Å². The van der Waals surface area contributed by atoms with Crippen molar-refractivity contribution in [2.75, 3.05) is 0 Å². The number of nitriles is 1. The Morgan fingerprint density at radius 3 is 2.65 bits per heavy atom. The molecule has 0 aliphatic rings. The van der Waals surface area contributed by atoms with Gasteiger partial charge in [0.05, 0.1) is 6.07 Å². The summed E-state index contributed by atoms with van der Waals surface area (Å²) in [5, 5.41) is 9.59. The van der Waals surface area contributed by atoms with Crippen LogP contribution in [0, 0.1) is 17.1 Å². The molecular formula is C15H8BrClFNO. The standard InChI is InChI=1S/C15H8BrClFNO/c16-13-6-5-9(17)7-11(13)15(20)12(8-19)10-3-1-2-4-14(10)18/h1-7,12H. The normalized spacial score (nSPS) is 11.7. The molecular weight excluding hydrogens is 345 g/mol. The minimum Gasteiger partial charge on any atom is -0.292 e. The van der Waals surface area contributed by atoms with E-state index in [1.807, 2.05) is 6.07 Å². The van der Waals surface area contributed by atoms with E-state index in [9.17, 15) is 14.4 Å². The Labute approximate surface area is 128 Å². The van der Waals surface area contributed by atoms with Gasteiger partial charge in [-0.05, 0) is 24.3 Å². The highest BCUT2D eigenvalue weighted by molar-refractivity contribution is 9.10. The molecule has 0 fully saturated rings. The lowest BCUT2D eigenvalue weighted by molar-refractivity contribution is 0.0976. The van der Waals surface area contributed by atoms with Gasteiger partial charge in [-0.2, -0.15) is 5.26 Å². The van der Waals surface area contributed by atoms with Crippen LogP contribution < -0.4 is 0 Å². The largest absolute Gasteiger partial charge is 0.292 e. The van der Waals surface area contributed by atoms with E-state index in [0.29, 0.717) is 9.50 Å². The van der Waals surface area contributed by atoms with Gasteiger partial charge in [-0.15, -0.1) is 0 Å². The monoisotopic (exact) mass is 351 g/mol. The summed E-state index contributed by atoms with van der Waals surface area (Å²) in [6, 6.07) is 12.3. The number of carbonyl (C=O) groups is 1. The van der Waals surface area contributed by atoms with Crippen molar-refractivity contribution in [1.29, 1.82) is 5.26 Å². The van der Waals surface area contributed by atoms with E-state index in [0.717, 1.165) is 0 Å². The number of halogens is 3. The summed E-state index contributed by atoms with van der Waals surface area (Å²) < 4.78 is 14.3.